The highest BCUT2D eigenvalue weighted by Gasteiger charge is 2.22. The minimum absolute atomic E-state index is 0.0320. The van der Waals surface area contributed by atoms with Crippen molar-refractivity contribution in [2.75, 3.05) is 25.0 Å². The number of aryl methyl sites for hydroxylation is 1. The summed E-state index contributed by atoms with van der Waals surface area (Å²) in [5.41, 5.74) is 6.53. The molecule has 5 heteroatoms. The predicted octanol–water partition coefficient (Wildman–Crippen LogP) is 8.53. The second kappa shape index (κ2) is 11.9. The number of hydrogen-bond donors (Lipinski definition) is 2. The van der Waals surface area contributed by atoms with Gasteiger partial charge in [0.05, 0.1) is 5.52 Å². The van der Waals surface area contributed by atoms with Crippen LogP contribution in [-0.2, 0) is 11.2 Å². The van der Waals surface area contributed by atoms with Crippen LogP contribution in [0.3, 0.4) is 0 Å². The van der Waals surface area contributed by atoms with Crippen molar-refractivity contribution in [3.63, 3.8) is 0 Å². The van der Waals surface area contributed by atoms with Crippen LogP contribution in [0.15, 0.2) is 84.9 Å². The van der Waals surface area contributed by atoms with E-state index in [9.17, 15) is 9.18 Å². The summed E-state index contributed by atoms with van der Waals surface area (Å²) in [6.45, 7) is 7.01. The fourth-order valence-corrected chi connectivity index (χ4v) is 6.27. The molecule has 1 saturated heterocycles. The van der Waals surface area contributed by atoms with Crippen LogP contribution in [-0.4, -0.2) is 35.4 Å². The molecule has 0 bridgehead atoms. The molecular formula is C36H38FN3O. The lowest BCUT2D eigenvalue weighted by Gasteiger charge is -2.32. The number of piperidine rings is 1. The van der Waals surface area contributed by atoms with Crippen molar-refractivity contribution in [3.05, 3.63) is 102 Å². The number of carbonyl (C=O) groups is 1. The third-order valence-corrected chi connectivity index (χ3v) is 8.56. The maximum atomic E-state index is 14.2. The van der Waals surface area contributed by atoms with Gasteiger partial charge in [-0.05, 0) is 92.0 Å². The summed E-state index contributed by atoms with van der Waals surface area (Å²) in [4.78, 5) is 18.4. The molecule has 0 aliphatic carbocycles. The highest BCUT2D eigenvalue weighted by molar-refractivity contribution is 6.08. The molecule has 6 rings (SSSR count). The Morgan fingerprint density at radius 1 is 0.951 bits per heavy atom. The first-order valence-electron chi connectivity index (χ1n) is 14.9. The van der Waals surface area contributed by atoms with Gasteiger partial charge in [0.2, 0.25) is 5.91 Å². The molecule has 1 amide bonds. The number of aromatic nitrogens is 1. The minimum Gasteiger partial charge on any atom is -0.354 e. The number of amides is 1. The van der Waals surface area contributed by atoms with E-state index in [4.69, 9.17) is 0 Å². The fourth-order valence-electron chi connectivity index (χ4n) is 6.27. The first-order valence-corrected chi connectivity index (χ1v) is 14.9. The van der Waals surface area contributed by atoms with E-state index < -0.39 is 0 Å². The average molecular weight is 548 g/mol. The second-order valence-electron chi connectivity index (χ2n) is 11.7. The summed E-state index contributed by atoms with van der Waals surface area (Å²) in [5.74, 6) is 0.327. The number of fused-ring (bicyclic) bond motifs is 3. The lowest BCUT2D eigenvalue weighted by molar-refractivity contribution is -0.118. The van der Waals surface area contributed by atoms with Gasteiger partial charge in [0, 0.05) is 33.6 Å². The van der Waals surface area contributed by atoms with Crippen LogP contribution in [0.4, 0.5) is 10.1 Å². The molecule has 0 atom stereocenters. The maximum absolute atomic E-state index is 14.2. The van der Waals surface area contributed by atoms with Gasteiger partial charge < -0.3 is 15.2 Å². The lowest BCUT2D eigenvalue weighted by atomic mass is 9.89. The number of nitrogens with one attached hydrogen (secondary N) is 2. The Morgan fingerprint density at radius 3 is 2.56 bits per heavy atom. The van der Waals surface area contributed by atoms with Gasteiger partial charge in [-0.25, -0.2) is 4.39 Å². The van der Waals surface area contributed by atoms with Crippen molar-refractivity contribution in [2.24, 2.45) is 5.92 Å². The lowest BCUT2D eigenvalue weighted by Crippen LogP contribution is -2.33. The van der Waals surface area contributed by atoms with Crippen molar-refractivity contribution in [1.82, 2.24) is 9.88 Å². The highest BCUT2D eigenvalue weighted by Crippen LogP contribution is 2.36. The van der Waals surface area contributed by atoms with Crippen molar-refractivity contribution >= 4 is 33.3 Å². The number of halogens is 1. The number of anilines is 1. The smallest absolute Gasteiger partial charge is 0.226 e. The molecule has 0 spiro atoms. The zero-order valence-electron chi connectivity index (χ0n) is 23.9. The molecule has 1 fully saturated rings. The monoisotopic (exact) mass is 547 g/mol. The van der Waals surface area contributed by atoms with Crippen LogP contribution in [0.5, 0.6) is 0 Å². The van der Waals surface area contributed by atoms with Gasteiger partial charge >= 0.3 is 0 Å². The summed E-state index contributed by atoms with van der Waals surface area (Å²) in [7, 11) is 0. The largest absolute Gasteiger partial charge is 0.354 e. The fraction of sp³-hybridized carbons (Fsp3) is 0.306. The van der Waals surface area contributed by atoms with Crippen LogP contribution >= 0.6 is 0 Å². The third kappa shape index (κ3) is 5.91. The van der Waals surface area contributed by atoms with E-state index in [2.05, 4.69) is 69.8 Å². The Morgan fingerprint density at radius 2 is 1.76 bits per heavy atom. The zero-order valence-corrected chi connectivity index (χ0v) is 23.9. The normalized spacial score (nSPS) is 14.7. The number of rotatable bonds is 8. The van der Waals surface area contributed by atoms with Crippen LogP contribution in [0, 0.1) is 11.7 Å². The molecule has 1 aliphatic heterocycles. The number of hydrogen-bond acceptors (Lipinski definition) is 2. The van der Waals surface area contributed by atoms with Gasteiger partial charge in [-0.3, -0.25) is 4.79 Å². The number of H-pyrrole nitrogens is 1. The Hall–Kier alpha value is -3.96. The molecule has 1 aromatic heterocycles. The standard InChI is InChI=1S/C36H38FN3O/c1-24(2)36(41)38-30-12-6-9-27(23-30)25-17-20-40(21-18-25)19-7-14-32-33-16-15-26-8-3-4-13-31(26)35(33)39-34(32)28-10-5-11-29(37)22-28/h3-6,8-13,15-16,22-25,39H,7,14,17-21H2,1-2H3,(H,38,41). The van der Waals surface area contributed by atoms with E-state index in [1.807, 2.05) is 26.0 Å². The molecule has 0 unspecified atom stereocenters. The van der Waals surface area contributed by atoms with Crippen LogP contribution in [0.1, 0.15) is 50.2 Å². The van der Waals surface area contributed by atoms with Gasteiger partial charge in [0.1, 0.15) is 5.82 Å². The van der Waals surface area contributed by atoms with Crippen molar-refractivity contribution < 1.29 is 9.18 Å². The maximum Gasteiger partial charge on any atom is 0.226 e. The summed E-state index contributed by atoms with van der Waals surface area (Å²) >= 11 is 0. The summed E-state index contributed by atoms with van der Waals surface area (Å²) in [5, 5.41) is 6.67. The van der Waals surface area contributed by atoms with Crippen molar-refractivity contribution in [2.45, 2.75) is 45.4 Å². The molecule has 210 valence electrons. The van der Waals surface area contributed by atoms with E-state index in [1.54, 1.807) is 12.1 Å². The topological polar surface area (TPSA) is 48.1 Å². The zero-order chi connectivity index (χ0) is 28.3. The van der Waals surface area contributed by atoms with Crippen LogP contribution < -0.4 is 5.32 Å². The van der Waals surface area contributed by atoms with Gasteiger partial charge in [0.25, 0.3) is 0 Å². The summed E-state index contributed by atoms with van der Waals surface area (Å²) < 4.78 is 14.2. The quantitative estimate of drug-likeness (QED) is 0.205. The molecule has 41 heavy (non-hydrogen) atoms. The van der Waals surface area contributed by atoms with Gasteiger partial charge in [-0.15, -0.1) is 0 Å². The summed E-state index contributed by atoms with van der Waals surface area (Å²) in [6.07, 6.45) is 4.22. The average Bonchev–Trinajstić information content (AvgIpc) is 3.37. The molecular weight excluding hydrogens is 509 g/mol. The SMILES string of the molecule is CC(C)C(=O)Nc1cccc(C2CCN(CCCc3c(-c4cccc(F)c4)[nH]c4c3ccc3ccccc34)CC2)c1. The Kier molecular flexibility index (Phi) is 7.89. The Bertz CT molecular complexity index is 1680. The molecule has 0 saturated carbocycles. The molecule has 4 nitrogen and oxygen atoms in total. The van der Waals surface area contributed by atoms with E-state index >= 15 is 0 Å². The van der Waals surface area contributed by atoms with Crippen molar-refractivity contribution in [1.29, 1.82) is 0 Å². The number of likely N-dealkylation sites (tertiary alicyclic amines) is 1. The molecule has 2 N–H and O–H groups in total. The van der Waals surface area contributed by atoms with Gasteiger partial charge in [-0.2, -0.15) is 0 Å². The van der Waals surface area contributed by atoms with Crippen LogP contribution in [0.25, 0.3) is 32.9 Å². The molecule has 4 aromatic carbocycles. The third-order valence-electron chi connectivity index (χ3n) is 8.56. The Balaban J connectivity index is 1.14. The van der Waals surface area contributed by atoms with E-state index in [0.29, 0.717) is 5.92 Å². The Labute approximate surface area is 241 Å². The first-order chi connectivity index (χ1) is 20.0. The summed E-state index contributed by atoms with van der Waals surface area (Å²) in [6, 6.07) is 28.1. The van der Waals surface area contributed by atoms with Gasteiger partial charge in [0.15, 0.2) is 0 Å². The molecule has 0 radical (unpaired) electrons. The van der Waals surface area contributed by atoms with E-state index in [0.717, 1.165) is 67.8 Å². The van der Waals surface area contributed by atoms with Crippen molar-refractivity contribution in [3.8, 4) is 11.3 Å². The molecule has 5 aromatic rings. The number of carbonyl (C=O) groups excluding carboxylic acids is 1. The molecule has 2 heterocycles. The minimum atomic E-state index is -0.215. The van der Waals surface area contributed by atoms with Gasteiger partial charge in [-0.1, -0.05) is 74.5 Å². The number of aromatic amines is 1. The van der Waals surface area contributed by atoms with Crippen LogP contribution in [0.2, 0.25) is 0 Å². The number of nitrogens with zero attached hydrogens (tertiary/aromatic N) is 1. The highest BCUT2D eigenvalue weighted by atomic mass is 19.1. The second-order valence-corrected chi connectivity index (χ2v) is 11.7. The predicted molar refractivity (Wildman–Crippen MR) is 168 cm³/mol. The molecule has 1 aliphatic rings. The first kappa shape index (κ1) is 27.2. The van der Waals surface area contributed by atoms with E-state index in [1.165, 1.54) is 33.4 Å². The van der Waals surface area contributed by atoms with E-state index in [-0.39, 0.29) is 17.6 Å². The number of benzene rings is 4.